The van der Waals surface area contributed by atoms with Gasteiger partial charge in [-0.05, 0) is 25.3 Å². The van der Waals surface area contributed by atoms with E-state index in [1.165, 1.54) is 0 Å². The molecule has 2 N–H and O–H groups in total. The predicted molar refractivity (Wildman–Crippen MR) is 97.5 cm³/mol. The molecule has 1 aliphatic carbocycles. The van der Waals surface area contributed by atoms with Crippen molar-refractivity contribution in [1.82, 2.24) is 10.6 Å². The number of nitrogens with one attached hydrogen (secondary N) is 2. The molecule has 0 unspecified atom stereocenters. The lowest BCUT2D eigenvalue weighted by molar-refractivity contribution is -0.127. The van der Waals surface area contributed by atoms with Gasteiger partial charge in [0.2, 0.25) is 5.91 Å². The summed E-state index contributed by atoms with van der Waals surface area (Å²) in [6.45, 7) is 3.00. The monoisotopic (exact) mass is 342 g/mol. The molecule has 5 nitrogen and oxygen atoms in total. The van der Waals surface area contributed by atoms with Gasteiger partial charge in [0.1, 0.15) is 11.3 Å². The molecule has 1 heterocycles. The highest BCUT2D eigenvalue weighted by Crippen LogP contribution is 2.27. The molecule has 0 saturated heterocycles. The minimum absolute atomic E-state index is 0.109. The standard InChI is InChI=1S/C20H26N2O3/c1-2-3-10-17-18(15-9-4-5-11-16(15)25-17)20(24)22-13-12-21-19(23)14-7-6-8-14/h4-5,9,11,14H,2-3,6-8,10,12-13H2,1H3,(H,21,23)(H,22,24). The number of fused-ring (bicyclic) bond motifs is 1. The minimum Gasteiger partial charge on any atom is -0.460 e. The quantitative estimate of drug-likeness (QED) is 0.722. The van der Waals surface area contributed by atoms with Crippen molar-refractivity contribution in [2.24, 2.45) is 5.92 Å². The highest BCUT2D eigenvalue weighted by molar-refractivity contribution is 6.07. The Morgan fingerprint density at radius 2 is 1.92 bits per heavy atom. The van der Waals surface area contributed by atoms with Crippen LogP contribution in [0.3, 0.4) is 0 Å². The number of carbonyl (C=O) groups is 2. The number of hydrogen-bond acceptors (Lipinski definition) is 3. The van der Waals surface area contributed by atoms with Crippen molar-refractivity contribution in [3.05, 3.63) is 35.6 Å². The summed E-state index contributed by atoms with van der Waals surface area (Å²) in [6.07, 6.45) is 5.90. The lowest BCUT2D eigenvalue weighted by Crippen LogP contribution is -2.39. The molecular formula is C20H26N2O3. The molecule has 0 spiro atoms. The molecule has 1 aromatic heterocycles. The molecule has 1 aromatic carbocycles. The van der Waals surface area contributed by atoms with Crippen LogP contribution >= 0.6 is 0 Å². The van der Waals surface area contributed by atoms with Gasteiger partial charge in [0.15, 0.2) is 0 Å². The number of carbonyl (C=O) groups excluding carboxylic acids is 2. The third kappa shape index (κ3) is 4.03. The molecule has 134 valence electrons. The maximum atomic E-state index is 12.7. The Hall–Kier alpha value is -2.30. The minimum atomic E-state index is -0.131. The van der Waals surface area contributed by atoms with E-state index in [1.807, 2.05) is 24.3 Å². The van der Waals surface area contributed by atoms with Crippen LogP contribution < -0.4 is 10.6 Å². The zero-order chi connectivity index (χ0) is 17.6. The molecule has 2 amide bonds. The van der Waals surface area contributed by atoms with Gasteiger partial charge in [-0.2, -0.15) is 0 Å². The Balaban J connectivity index is 1.61. The molecule has 5 heteroatoms. The smallest absolute Gasteiger partial charge is 0.255 e. The lowest BCUT2D eigenvalue weighted by atomic mass is 9.85. The number of rotatable bonds is 8. The maximum Gasteiger partial charge on any atom is 0.255 e. The van der Waals surface area contributed by atoms with Gasteiger partial charge in [0, 0.05) is 30.8 Å². The van der Waals surface area contributed by atoms with Gasteiger partial charge in [-0.1, -0.05) is 38.0 Å². The van der Waals surface area contributed by atoms with Crippen molar-refractivity contribution in [2.75, 3.05) is 13.1 Å². The second-order valence-corrected chi connectivity index (χ2v) is 6.67. The van der Waals surface area contributed by atoms with Crippen molar-refractivity contribution in [1.29, 1.82) is 0 Å². The first-order chi connectivity index (χ1) is 12.2. The number of para-hydroxylation sites is 1. The Morgan fingerprint density at radius 3 is 2.64 bits per heavy atom. The second-order valence-electron chi connectivity index (χ2n) is 6.67. The second kappa shape index (κ2) is 8.19. The first-order valence-electron chi connectivity index (χ1n) is 9.27. The van der Waals surface area contributed by atoms with Gasteiger partial charge < -0.3 is 15.1 Å². The maximum absolute atomic E-state index is 12.7. The van der Waals surface area contributed by atoms with E-state index >= 15 is 0 Å². The third-order valence-electron chi connectivity index (χ3n) is 4.84. The van der Waals surface area contributed by atoms with E-state index in [-0.39, 0.29) is 17.7 Å². The van der Waals surface area contributed by atoms with Crippen LogP contribution in [0.1, 0.15) is 55.1 Å². The fourth-order valence-electron chi connectivity index (χ4n) is 3.12. The summed E-state index contributed by atoms with van der Waals surface area (Å²) in [5.74, 6) is 0.903. The Labute approximate surface area is 148 Å². The van der Waals surface area contributed by atoms with Crippen molar-refractivity contribution in [2.45, 2.75) is 45.4 Å². The van der Waals surface area contributed by atoms with Crippen LogP contribution in [0.2, 0.25) is 0 Å². The fourth-order valence-corrected chi connectivity index (χ4v) is 3.12. The number of furan rings is 1. The highest BCUT2D eigenvalue weighted by atomic mass is 16.3. The molecular weight excluding hydrogens is 316 g/mol. The zero-order valence-electron chi connectivity index (χ0n) is 14.8. The number of unbranched alkanes of at least 4 members (excludes halogenated alkanes) is 1. The molecule has 0 atom stereocenters. The van der Waals surface area contributed by atoms with Gasteiger partial charge in [-0.25, -0.2) is 0 Å². The summed E-state index contributed by atoms with van der Waals surface area (Å²) < 4.78 is 5.89. The summed E-state index contributed by atoms with van der Waals surface area (Å²) in [4.78, 5) is 24.5. The summed E-state index contributed by atoms with van der Waals surface area (Å²) in [6, 6.07) is 7.63. The van der Waals surface area contributed by atoms with E-state index in [0.29, 0.717) is 18.7 Å². The number of amides is 2. The van der Waals surface area contributed by atoms with Crippen molar-refractivity contribution in [3.8, 4) is 0 Å². The third-order valence-corrected chi connectivity index (χ3v) is 4.84. The van der Waals surface area contributed by atoms with E-state index in [9.17, 15) is 9.59 Å². The van der Waals surface area contributed by atoms with Crippen LogP contribution in [0, 0.1) is 5.92 Å². The van der Waals surface area contributed by atoms with Crippen molar-refractivity contribution in [3.63, 3.8) is 0 Å². The van der Waals surface area contributed by atoms with Crippen LogP contribution in [0.25, 0.3) is 11.0 Å². The first kappa shape index (κ1) is 17.5. The van der Waals surface area contributed by atoms with Crippen molar-refractivity contribution < 1.29 is 14.0 Å². The Kier molecular flexibility index (Phi) is 5.74. The lowest BCUT2D eigenvalue weighted by Gasteiger charge is -2.24. The Bertz CT molecular complexity index is 746. The van der Waals surface area contributed by atoms with E-state index in [1.54, 1.807) is 0 Å². The first-order valence-corrected chi connectivity index (χ1v) is 9.27. The molecule has 2 aromatic rings. The fraction of sp³-hybridized carbons (Fsp3) is 0.500. The number of benzene rings is 1. The summed E-state index contributed by atoms with van der Waals surface area (Å²) >= 11 is 0. The topological polar surface area (TPSA) is 71.3 Å². The van der Waals surface area contributed by atoms with E-state index in [0.717, 1.165) is 55.3 Å². The largest absolute Gasteiger partial charge is 0.460 e. The van der Waals surface area contributed by atoms with Crippen LogP contribution in [-0.4, -0.2) is 24.9 Å². The van der Waals surface area contributed by atoms with E-state index in [4.69, 9.17) is 4.42 Å². The molecule has 25 heavy (non-hydrogen) atoms. The predicted octanol–water partition coefficient (Wildman–Crippen LogP) is 3.42. The van der Waals surface area contributed by atoms with E-state index in [2.05, 4.69) is 17.6 Å². The van der Waals surface area contributed by atoms with E-state index < -0.39 is 0 Å². The molecule has 1 saturated carbocycles. The molecule has 0 aliphatic heterocycles. The van der Waals surface area contributed by atoms with Gasteiger partial charge in [0.25, 0.3) is 5.91 Å². The zero-order valence-corrected chi connectivity index (χ0v) is 14.8. The molecule has 1 fully saturated rings. The number of aryl methyl sites for hydroxylation is 1. The van der Waals surface area contributed by atoms with Gasteiger partial charge >= 0.3 is 0 Å². The summed E-state index contributed by atoms with van der Waals surface area (Å²) in [5, 5.41) is 6.66. The molecule has 0 radical (unpaired) electrons. The van der Waals surface area contributed by atoms with Crippen LogP contribution in [-0.2, 0) is 11.2 Å². The van der Waals surface area contributed by atoms with Crippen LogP contribution in [0.5, 0.6) is 0 Å². The average molecular weight is 342 g/mol. The van der Waals surface area contributed by atoms with Gasteiger partial charge in [0.05, 0.1) is 5.56 Å². The molecule has 1 aliphatic rings. The highest BCUT2D eigenvalue weighted by Gasteiger charge is 2.25. The average Bonchev–Trinajstić information content (AvgIpc) is 2.93. The van der Waals surface area contributed by atoms with Crippen molar-refractivity contribution >= 4 is 22.8 Å². The number of hydrogen-bond donors (Lipinski definition) is 2. The molecule has 3 rings (SSSR count). The Morgan fingerprint density at radius 1 is 1.16 bits per heavy atom. The summed E-state index contributed by atoms with van der Waals surface area (Å²) in [7, 11) is 0. The SMILES string of the molecule is CCCCc1oc2ccccc2c1C(=O)NCCNC(=O)C1CCC1. The molecule has 0 bridgehead atoms. The summed E-state index contributed by atoms with van der Waals surface area (Å²) in [5.41, 5.74) is 1.38. The van der Waals surface area contributed by atoms with Gasteiger partial charge in [-0.3, -0.25) is 9.59 Å². The normalized spacial score (nSPS) is 14.3. The van der Waals surface area contributed by atoms with Crippen LogP contribution in [0.15, 0.2) is 28.7 Å². The van der Waals surface area contributed by atoms with Crippen LogP contribution in [0.4, 0.5) is 0 Å². The van der Waals surface area contributed by atoms with Gasteiger partial charge in [-0.15, -0.1) is 0 Å².